The van der Waals surface area contributed by atoms with E-state index in [1.165, 1.54) is 12.3 Å². The number of aromatic nitrogens is 1. The summed E-state index contributed by atoms with van der Waals surface area (Å²) < 4.78 is 0. The molecule has 2 rings (SSSR count). The smallest absolute Gasteiger partial charge is 0.261 e. The second kappa shape index (κ2) is 5.21. The number of pyridine rings is 1. The first kappa shape index (κ1) is 13.9. The third-order valence-electron chi connectivity index (χ3n) is 3.31. The maximum absolute atomic E-state index is 12.2. The standard InChI is InChI=1S/C15H17N3O2/c1-8-4-5-12(16)14(10(8)3)18-15(20)11-7-17-9(2)6-13(11)19/h4-7H,16H2,1-3H3,(H,17,19)(H,18,20). The van der Waals surface area contributed by atoms with Crippen LogP contribution in [0.2, 0.25) is 0 Å². The molecule has 0 atom stereocenters. The van der Waals surface area contributed by atoms with E-state index in [1.54, 1.807) is 13.0 Å². The number of nitrogens with two attached hydrogens (primary N) is 1. The molecular formula is C15H17N3O2. The number of benzene rings is 1. The van der Waals surface area contributed by atoms with Gasteiger partial charge >= 0.3 is 0 Å². The van der Waals surface area contributed by atoms with Gasteiger partial charge < -0.3 is 16.0 Å². The number of aromatic amines is 1. The highest BCUT2D eigenvalue weighted by Crippen LogP contribution is 2.26. The molecule has 0 saturated carbocycles. The molecule has 1 amide bonds. The second-order valence-corrected chi connectivity index (χ2v) is 4.82. The number of hydrogen-bond donors (Lipinski definition) is 3. The third kappa shape index (κ3) is 2.56. The van der Waals surface area contributed by atoms with Crippen molar-refractivity contribution in [1.29, 1.82) is 0 Å². The van der Waals surface area contributed by atoms with Crippen LogP contribution in [0.15, 0.2) is 29.2 Å². The van der Waals surface area contributed by atoms with E-state index in [0.717, 1.165) is 11.1 Å². The van der Waals surface area contributed by atoms with Crippen LogP contribution in [0.3, 0.4) is 0 Å². The molecule has 20 heavy (non-hydrogen) atoms. The average Bonchev–Trinajstić information content (AvgIpc) is 2.39. The number of anilines is 2. The number of nitrogens with one attached hydrogen (secondary N) is 2. The lowest BCUT2D eigenvalue weighted by molar-refractivity contribution is 0.102. The summed E-state index contributed by atoms with van der Waals surface area (Å²) >= 11 is 0. The number of carbonyl (C=O) groups excluding carboxylic acids is 1. The van der Waals surface area contributed by atoms with Crippen molar-refractivity contribution in [2.75, 3.05) is 11.1 Å². The van der Waals surface area contributed by atoms with Gasteiger partial charge in [0, 0.05) is 18.0 Å². The van der Waals surface area contributed by atoms with Crippen LogP contribution in [0.1, 0.15) is 27.2 Å². The monoisotopic (exact) mass is 271 g/mol. The molecular weight excluding hydrogens is 254 g/mol. The molecule has 5 nitrogen and oxygen atoms in total. The van der Waals surface area contributed by atoms with Gasteiger partial charge in [0.15, 0.2) is 5.43 Å². The maximum atomic E-state index is 12.2. The van der Waals surface area contributed by atoms with Crippen molar-refractivity contribution in [2.45, 2.75) is 20.8 Å². The topological polar surface area (TPSA) is 88.0 Å². The summed E-state index contributed by atoms with van der Waals surface area (Å²) in [5.41, 5.74) is 9.27. The molecule has 1 aromatic heterocycles. The highest BCUT2D eigenvalue weighted by Gasteiger charge is 2.14. The number of hydrogen-bond acceptors (Lipinski definition) is 3. The van der Waals surface area contributed by atoms with Gasteiger partial charge in [-0.1, -0.05) is 6.07 Å². The third-order valence-corrected chi connectivity index (χ3v) is 3.31. The number of nitrogen functional groups attached to an aromatic ring is 1. The van der Waals surface area contributed by atoms with Crippen LogP contribution < -0.4 is 16.5 Å². The zero-order valence-electron chi connectivity index (χ0n) is 11.7. The zero-order valence-corrected chi connectivity index (χ0v) is 11.7. The van der Waals surface area contributed by atoms with Gasteiger partial charge in [-0.05, 0) is 38.0 Å². The molecule has 0 radical (unpaired) electrons. The highest BCUT2D eigenvalue weighted by molar-refractivity contribution is 6.06. The lowest BCUT2D eigenvalue weighted by Crippen LogP contribution is -2.22. The Kier molecular flexibility index (Phi) is 3.61. The van der Waals surface area contributed by atoms with Crippen LogP contribution in [0.5, 0.6) is 0 Å². The Bertz CT molecular complexity index is 732. The van der Waals surface area contributed by atoms with Crippen molar-refractivity contribution in [3.05, 3.63) is 57.0 Å². The molecule has 5 heteroatoms. The van der Waals surface area contributed by atoms with Crippen LogP contribution in [0, 0.1) is 20.8 Å². The molecule has 4 N–H and O–H groups in total. The summed E-state index contributed by atoms with van der Waals surface area (Å²) in [6.45, 7) is 5.57. The van der Waals surface area contributed by atoms with E-state index in [0.29, 0.717) is 17.1 Å². The Hall–Kier alpha value is -2.56. The van der Waals surface area contributed by atoms with Gasteiger partial charge in [-0.25, -0.2) is 0 Å². The summed E-state index contributed by atoms with van der Waals surface area (Å²) in [6, 6.07) is 5.01. The normalized spacial score (nSPS) is 10.3. The van der Waals surface area contributed by atoms with Crippen LogP contribution >= 0.6 is 0 Å². The fraction of sp³-hybridized carbons (Fsp3) is 0.200. The Labute approximate surface area is 116 Å². The first-order chi connectivity index (χ1) is 9.40. The number of rotatable bonds is 2. The predicted molar refractivity (Wildman–Crippen MR) is 80.1 cm³/mol. The highest BCUT2D eigenvalue weighted by atomic mass is 16.2. The molecule has 0 spiro atoms. The number of carbonyl (C=O) groups is 1. The maximum Gasteiger partial charge on any atom is 0.261 e. The predicted octanol–water partition coefficient (Wildman–Crippen LogP) is 2.13. The Balaban J connectivity index is 2.38. The summed E-state index contributed by atoms with van der Waals surface area (Å²) in [5.74, 6) is -0.466. The van der Waals surface area contributed by atoms with Crippen molar-refractivity contribution in [2.24, 2.45) is 0 Å². The Morgan fingerprint density at radius 3 is 2.60 bits per heavy atom. The summed E-state index contributed by atoms with van der Waals surface area (Å²) in [4.78, 5) is 26.8. The molecule has 0 aliphatic rings. The van der Waals surface area contributed by atoms with Gasteiger partial charge in [-0.2, -0.15) is 0 Å². The lowest BCUT2D eigenvalue weighted by atomic mass is 10.1. The van der Waals surface area contributed by atoms with E-state index < -0.39 is 5.91 Å². The summed E-state index contributed by atoms with van der Waals surface area (Å²) in [7, 11) is 0. The van der Waals surface area contributed by atoms with Crippen LogP contribution in [-0.4, -0.2) is 10.9 Å². The van der Waals surface area contributed by atoms with E-state index in [1.807, 2.05) is 19.9 Å². The van der Waals surface area contributed by atoms with Crippen molar-refractivity contribution >= 4 is 17.3 Å². The van der Waals surface area contributed by atoms with Crippen molar-refractivity contribution in [3.63, 3.8) is 0 Å². The summed E-state index contributed by atoms with van der Waals surface area (Å²) in [5, 5.41) is 2.71. The Morgan fingerprint density at radius 2 is 1.95 bits per heavy atom. The van der Waals surface area contributed by atoms with E-state index in [-0.39, 0.29) is 11.0 Å². The van der Waals surface area contributed by atoms with Crippen molar-refractivity contribution in [3.8, 4) is 0 Å². The molecule has 2 aromatic rings. The SMILES string of the molecule is Cc1cc(=O)c(C(=O)Nc2c(N)ccc(C)c2C)c[nH]1. The molecule has 0 aliphatic heterocycles. The van der Waals surface area contributed by atoms with Gasteiger partial charge in [0.1, 0.15) is 5.56 Å². The molecule has 0 saturated heterocycles. The number of amides is 1. The van der Waals surface area contributed by atoms with Crippen LogP contribution in [-0.2, 0) is 0 Å². The quantitative estimate of drug-likeness (QED) is 0.731. The van der Waals surface area contributed by atoms with E-state index in [9.17, 15) is 9.59 Å². The number of aryl methyl sites for hydroxylation is 2. The molecule has 1 aromatic carbocycles. The lowest BCUT2D eigenvalue weighted by Gasteiger charge is -2.13. The number of H-pyrrole nitrogens is 1. The average molecular weight is 271 g/mol. The minimum absolute atomic E-state index is 0.0657. The molecule has 0 bridgehead atoms. The van der Waals surface area contributed by atoms with Crippen molar-refractivity contribution < 1.29 is 4.79 Å². The van der Waals surface area contributed by atoms with Gasteiger partial charge in [0.2, 0.25) is 0 Å². The van der Waals surface area contributed by atoms with E-state index >= 15 is 0 Å². The molecule has 0 unspecified atom stereocenters. The fourth-order valence-corrected chi connectivity index (χ4v) is 1.93. The van der Waals surface area contributed by atoms with Crippen LogP contribution in [0.25, 0.3) is 0 Å². The van der Waals surface area contributed by atoms with Gasteiger partial charge in [0.05, 0.1) is 11.4 Å². The molecule has 104 valence electrons. The van der Waals surface area contributed by atoms with E-state index in [2.05, 4.69) is 10.3 Å². The molecule has 1 heterocycles. The first-order valence-corrected chi connectivity index (χ1v) is 6.26. The van der Waals surface area contributed by atoms with Gasteiger partial charge in [-0.3, -0.25) is 9.59 Å². The van der Waals surface area contributed by atoms with Gasteiger partial charge in [-0.15, -0.1) is 0 Å². The van der Waals surface area contributed by atoms with Gasteiger partial charge in [0.25, 0.3) is 5.91 Å². The van der Waals surface area contributed by atoms with Crippen molar-refractivity contribution in [1.82, 2.24) is 4.98 Å². The largest absolute Gasteiger partial charge is 0.397 e. The summed E-state index contributed by atoms with van der Waals surface area (Å²) in [6.07, 6.45) is 1.41. The Morgan fingerprint density at radius 1 is 1.25 bits per heavy atom. The fourth-order valence-electron chi connectivity index (χ4n) is 1.93. The minimum Gasteiger partial charge on any atom is -0.397 e. The first-order valence-electron chi connectivity index (χ1n) is 6.26. The molecule has 0 aliphatic carbocycles. The van der Waals surface area contributed by atoms with E-state index in [4.69, 9.17) is 5.73 Å². The zero-order chi connectivity index (χ0) is 14.9. The second-order valence-electron chi connectivity index (χ2n) is 4.82. The minimum atomic E-state index is -0.466. The van der Waals surface area contributed by atoms with Crippen LogP contribution in [0.4, 0.5) is 11.4 Å². The molecule has 0 fully saturated rings.